The molecule has 3 heteroatoms. The number of hydrogen-bond acceptors (Lipinski definition) is 2. The molecule has 3 nitrogen and oxygen atoms in total. The lowest BCUT2D eigenvalue weighted by Gasteiger charge is -2.20. The van der Waals surface area contributed by atoms with Crippen LogP contribution in [0.1, 0.15) is 0 Å². The molecule has 0 atom stereocenters. The molecular formula is C18H11NO2. The number of fused-ring (bicyclic) bond motifs is 5. The second-order valence-corrected chi connectivity index (χ2v) is 5.26. The van der Waals surface area contributed by atoms with E-state index in [-0.39, 0.29) is 5.75 Å². The molecule has 0 fully saturated rings. The fourth-order valence-electron chi connectivity index (χ4n) is 3.20. The van der Waals surface area contributed by atoms with Gasteiger partial charge in [-0.2, -0.15) is 0 Å². The molecule has 0 aliphatic carbocycles. The zero-order valence-corrected chi connectivity index (χ0v) is 11.1. The second kappa shape index (κ2) is 3.58. The molecule has 3 aromatic carbocycles. The molecule has 100 valence electrons. The zero-order chi connectivity index (χ0) is 14.0. The smallest absolute Gasteiger partial charge is 0.152 e. The van der Waals surface area contributed by atoms with Crippen LogP contribution in [0.25, 0.3) is 27.5 Å². The van der Waals surface area contributed by atoms with E-state index < -0.39 is 0 Å². The van der Waals surface area contributed by atoms with E-state index in [0.717, 1.165) is 39.0 Å². The van der Waals surface area contributed by atoms with Crippen LogP contribution in [0.2, 0.25) is 0 Å². The third kappa shape index (κ3) is 1.28. The molecule has 1 aliphatic heterocycles. The van der Waals surface area contributed by atoms with Gasteiger partial charge in [0.25, 0.3) is 0 Å². The maximum absolute atomic E-state index is 9.81. The van der Waals surface area contributed by atoms with Crippen molar-refractivity contribution >= 4 is 21.8 Å². The fraction of sp³-hybridized carbons (Fsp3) is 0. The zero-order valence-electron chi connectivity index (χ0n) is 11.1. The first-order valence-corrected chi connectivity index (χ1v) is 6.86. The second-order valence-electron chi connectivity index (χ2n) is 5.26. The van der Waals surface area contributed by atoms with Gasteiger partial charge in [-0.25, -0.2) is 0 Å². The van der Waals surface area contributed by atoms with Crippen LogP contribution in [-0.4, -0.2) is 9.67 Å². The lowest BCUT2D eigenvalue weighted by molar-refractivity contribution is 0.476. The van der Waals surface area contributed by atoms with Gasteiger partial charge in [-0.15, -0.1) is 0 Å². The highest BCUT2D eigenvalue weighted by Gasteiger charge is 2.22. The number of hydrogen-bond donors (Lipinski definition) is 1. The van der Waals surface area contributed by atoms with Crippen molar-refractivity contribution in [1.29, 1.82) is 0 Å². The summed E-state index contributed by atoms with van der Waals surface area (Å²) in [5, 5.41) is 11.9. The van der Waals surface area contributed by atoms with Gasteiger partial charge in [-0.1, -0.05) is 24.3 Å². The van der Waals surface area contributed by atoms with Crippen LogP contribution in [-0.2, 0) is 0 Å². The topological polar surface area (TPSA) is 34.4 Å². The predicted octanol–water partition coefficient (Wildman–Crippen LogP) is 4.60. The third-order valence-corrected chi connectivity index (χ3v) is 4.06. The minimum absolute atomic E-state index is 0.278. The molecule has 0 spiro atoms. The number of aromatic nitrogens is 1. The molecule has 0 saturated heterocycles. The molecule has 1 aliphatic rings. The first-order valence-electron chi connectivity index (χ1n) is 6.86. The molecule has 0 radical (unpaired) electrons. The molecule has 4 aromatic rings. The number of phenols is 1. The minimum Gasteiger partial charge on any atom is -0.508 e. The Morgan fingerprint density at radius 1 is 0.810 bits per heavy atom. The summed E-state index contributed by atoms with van der Waals surface area (Å²) in [6, 6.07) is 19.5. The van der Waals surface area contributed by atoms with Gasteiger partial charge in [-0.05, 0) is 36.4 Å². The van der Waals surface area contributed by atoms with E-state index in [2.05, 4.69) is 16.7 Å². The summed E-state index contributed by atoms with van der Waals surface area (Å²) < 4.78 is 8.23. The van der Waals surface area contributed by atoms with Gasteiger partial charge in [0.1, 0.15) is 5.75 Å². The van der Waals surface area contributed by atoms with Crippen LogP contribution in [0.5, 0.6) is 17.2 Å². The summed E-state index contributed by atoms with van der Waals surface area (Å²) in [6.45, 7) is 0. The maximum Gasteiger partial charge on any atom is 0.152 e. The van der Waals surface area contributed by atoms with E-state index in [1.54, 1.807) is 6.07 Å². The lowest BCUT2D eigenvalue weighted by atomic mass is 10.1. The van der Waals surface area contributed by atoms with Crippen molar-refractivity contribution < 1.29 is 9.84 Å². The maximum atomic E-state index is 9.81. The van der Waals surface area contributed by atoms with Crippen molar-refractivity contribution in [2.45, 2.75) is 0 Å². The number of phenolic OH excluding ortho intramolecular Hbond substituents is 1. The van der Waals surface area contributed by atoms with Crippen molar-refractivity contribution in [3.63, 3.8) is 0 Å². The average molecular weight is 273 g/mol. The van der Waals surface area contributed by atoms with E-state index in [1.165, 1.54) is 0 Å². The van der Waals surface area contributed by atoms with Gasteiger partial charge in [0.05, 0.1) is 16.7 Å². The van der Waals surface area contributed by atoms with Gasteiger partial charge >= 0.3 is 0 Å². The fourth-order valence-corrected chi connectivity index (χ4v) is 3.20. The Hall–Kier alpha value is -2.94. The Bertz CT molecular complexity index is 1030. The normalized spacial score (nSPS) is 12.4. The molecule has 0 amide bonds. The summed E-state index contributed by atoms with van der Waals surface area (Å²) in [6.07, 6.45) is 0. The van der Waals surface area contributed by atoms with Gasteiger partial charge in [0.15, 0.2) is 11.5 Å². The Labute approximate surface area is 120 Å². The van der Waals surface area contributed by atoms with Crippen molar-refractivity contribution in [3.05, 3.63) is 60.7 Å². The quantitative estimate of drug-likeness (QED) is 0.447. The van der Waals surface area contributed by atoms with Crippen molar-refractivity contribution in [1.82, 2.24) is 4.57 Å². The van der Waals surface area contributed by atoms with Gasteiger partial charge in [0, 0.05) is 10.8 Å². The number of para-hydroxylation sites is 3. The Balaban J connectivity index is 2.10. The van der Waals surface area contributed by atoms with E-state index in [9.17, 15) is 5.11 Å². The molecule has 0 bridgehead atoms. The standard InChI is InChI=1S/C18H11NO2/c20-11-8-9-14-13(10-11)12-4-3-7-17-18(12)19(14)15-5-1-2-6-16(15)21-17/h1-10,20H. The van der Waals surface area contributed by atoms with Crippen LogP contribution < -0.4 is 4.74 Å². The number of benzene rings is 3. The first-order chi connectivity index (χ1) is 10.3. The minimum atomic E-state index is 0.278. The van der Waals surface area contributed by atoms with E-state index in [4.69, 9.17) is 4.74 Å². The van der Waals surface area contributed by atoms with E-state index >= 15 is 0 Å². The van der Waals surface area contributed by atoms with Crippen molar-refractivity contribution in [2.24, 2.45) is 0 Å². The highest BCUT2D eigenvalue weighted by Crippen LogP contribution is 2.45. The number of nitrogens with zero attached hydrogens (tertiary/aromatic N) is 1. The Morgan fingerprint density at radius 2 is 1.67 bits per heavy atom. The van der Waals surface area contributed by atoms with Crippen LogP contribution in [0.4, 0.5) is 0 Å². The number of rotatable bonds is 0. The lowest BCUT2D eigenvalue weighted by Crippen LogP contribution is -2.03. The van der Waals surface area contributed by atoms with Crippen molar-refractivity contribution in [2.75, 3.05) is 0 Å². The van der Waals surface area contributed by atoms with Crippen molar-refractivity contribution in [3.8, 4) is 22.9 Å². The summed E-state index contributed by atoms with van der Waals surface area (Å²) in [4.78, 5) is 0. The highest BCUT2D eigenvalue weighted by atomic mass is 16.5. The van der Waals surface area contributed by atoms with Gasteiger partial charge in [0.2, 0.25) is 0 Å². The largest absolute Gasteiger partial charge is 0.508 e. The molecule has 21 heavy (non-hydrogen) atoms. The summed E-state index contributed by atoms with van der Waals surface area (Å²) >= 11 is 0. The average Bonchev–Trinajstić information content (AvgIpc) is 2.84. The number of aromatic hydroxyl groups is 1. The molecule has 2 heterocycles. The van der Waals surface area contributed by atoms with Crippen LogP contribution >= 0.6 is 0 Å². The summed E-state index contributed by atoms with van der Waals surface area (Å²) in [5.41, 5.74) is 3.16. The van der Waals surface area contributed by atoms with Crippen LogP contribution in [0, 0.1) is 0 Å². The summed E-state index contributed by atoms with van der Waals surface area (Å²) in [7, 11) is 0. The predicted molar refractivity (Wildman–Crippen MR) is 82.5 cm³/mol. The molecule has 0 saturated carbocycles. The molecule has 0 unspecified atom stereocenters. The van der Waals surface area contributed by atoms with Crippen LogP contribution in [0.3, 0.4) is 0 Å². The van der Waals surface area contributed by atoms with E-state index in [0.29, 0.717) is 0 Å². The Morgan fingerprint density at radius 3 is 2.62 bits per heavy atom. The van der Waals surface area contributed by atoms with Gasteiger partial charge < -0.3 is 14.4 Å². The third-order valence-electron chi connectivity index (χ3n) is 4.06. The molecule has 5 rings (SSSR count). The molecule has 1 aromatic heterocycles. The van der Waals surface area contributed by atoms with Crippen LogP contribution in [0.15, 0.2) is 60.7 Å². The number of ether oxygens (including phenoxy) is 1. The monoisotopic (exact) mass is 273 g/mol. The highest BCUT2D eigenvalue weighted by molar-refractivity contribution is 6.12. The summed E-state index contributed by atoms with van der Waals surface area (Å²) in [5.74, 6) is 1.98. The van der Waals surface area contributed by atoms with E-state index in [1.807, 2.05) is 42.5 Å². The molecular weight excluding hydrogens is 262 g/mol. The molecule has 1 N–H and O–H groups in total. The van der Waals surface area contributed by atoms with Gasteiger partial charge in [-0.3, -0.25) is 0 Å². The SMILES string of the molecule is Oc1ccc2c(c1)c1cccc3c1n2-c1ccccc1O3. The Kier molecular flexibility index (Phi) is 1.84. The first kappa shape index (κ1) is 10.8.